The molecule has 0 spiro atoms. The molecule has 2 unspecified atom stereocenters. The van der Waals surface area contributed by atoms with Crippen molar-refractivity contribution < 1.29 is 13.9 Å². The number of benzene rings is 1. The molecule has 4 heterocycles. The molecule has 0 aliphatic carbocycles. The number of halogens is 2. The molecule has 0 amide bonds. The van der Waals surface area contributed by atoms with Crippen molar-refractivity contribution in [2.24, 2.45) is 0 Å². The van der Waals surface area contributed by atoms with Crippen molar-refractivity contribution in [1.82, 2.24) is 19.6 Å². The Morgan fingerprint density at radius 3 is 2.71 bits per heavy atom. The molecule has 0 saturated carbocycles. The van der Waals surface area contributed by atoms with E-state index >= 15 is 4.39 Å². The van der Waals surface area contributed by atoms with Crippen LogP contribution in [0, 0.1) is 19.7 Å². The van der Waals surface area contributed by atoms with E-state index in [1.807, 2.05) is 12.1 Å². The van der Waals surface area contributed by atoms with Crippen LogP contribution >= 0.6 is 11.6 Å². The van der Waals surface area contributed by atoms with Gasteiger partial charge in [-0.15, -0.1) is 0 Å². The molecule has 1 fully saturated rings. The maximum atomic E-state index is 15.0. The van der Waals surface area contributed by atoms with Crippen LogP contribution < -0.4 is 10.3 Å². The van der Waals surface area contributed by atoms with Gasteiger partial charge in [-0.1, -0.05) is 11.6 Å². The first kappa shape index (κ1) is 23.4. The first-order valence-corrected chi connectivity index (χ1v) is 11.7. The molecule has 7 nitrogen and oxygen atoms in total. The molecule has 3 aromatic heterocycles. The summed E-state index contributed by atoms with van der Waals surface area (Å²) in [6.45, 7) is 4.00. The van der Waals surface area contributed by atoms with E-state index in [0.717, 1.165) is 5.56 Å². The molecule has 4 aromatic rings. The van der Waals surface area contributed by atoms with Crippen LogP contribution in [-0.4, -0.2) is 33.3 Å². The highest BCUT2D eigenvalue weighted by atomic mass is 35.5. The number of methoxy groups -OCH3 is 1. The zero-order valence-corrected chi connectivity index (χ0v) is 20.3. The molecule has 9 heteroatoms. The van der Waals surface area contributed by atoms with E-state index in [1.165, 1.54) is 10.6 Å². The Bertz CT molecular complexity index is 1470. The van der Waals surface area contributed by atoms with Gasteiger partial charge in [-0.2, -0.15) is 9.61 Å². The van der Waals surface area contributed by atoms with Crippen LogP contribution in [0.1, 0.15) is 47.4 Å². The fourth-order valence-electron chi connectivity index (χ4n) is 4.43. The third-order valence-corrected chi connectivity index (χ3v) is 6.78. The Morgan fingerprint density at radius 1 is 1.17 bits per heavy atom. The van der Waals surface area contributed by atoms with Gasteiger partial charge in [0.25, 0.3) is 5.56 Å². The van der Waals surface area contributed by atoms with E-state index in [2.05, 4.69) is 9.97 Å². The fraction of sp³-hybridized carbons (Fsp3) is 0.308. The van der Waals surface area contributed by atoms with Gasteiger partial charge in [-0.25, -0.2) is 14.4 Å². The minimum absolute atomic E-state index is 0.0112. The molecule has 0 N–H and O–H groups in total. The van der Waals surface area contributed by atoms with Gasteiger partial charge in [0.05, 0.1) is 18.9 Å². The lowest BCUT2D eigenvalue weighted by molar-refractivity contribution is 0.00426. The van der Waals surface area contributed by atoms with Gasteiger partial charge in [-0.3, -0.25) is 4.79 Å². The molecular weight excluding hydrogens is 471 g/mol. The summed E-state index contributed by atoms with van der Waals surface area (Å²) in [6.07, 6.45) is 2.92. The van der Waals surface area contributed by atoms with Crippen molar-refractivity contribution in [1.29, 1.82) is 0 Å². The largest absolute Gasteiger partial charge is 0.481 e. The van der Waals surface area contributed by atoms with E-state index < -0.39 is 5.82 Å². The van der Waals surface area contributed by atoms with E-state index in [4.69, 9.17) is 26.2 Å². The van der Waals surface area contributed by atoms with Crippen LogP contribution in [0.5, 0.6) is 5.88 Å². The number of nitrogens with zero attached hydrogens (tertiary/aromatic N) is 4. The van der Waals surface area contributed by atoms with Crippen LogP contribution in [-0.2, 0) is 4.74 Å². The molecule has 0 bridgehead atoms. The second-order valence-electron chi connectivity index (χ2n) is 8.68. The predicted molar refractivity (Wildman–Crippen MR) is 131 cm³/mol. The molecule has 1 saturated heterocycles. The predicted octanol–water partition coefficient (Wildman–Crippen LogP) is 5.20. The van der Waals surface area contributed by atoms with E-state index in [0.29, 0.717) is 64.1 Å². The third kappa shape index (κ3) is 4.39. The van der Waals surface area contributed by atoms with Crippen LogP contribution in [0.25, 0.3) is 16.8 Å². The highest BCUT2D eigenvalue weighted by Crippen LogP contribution is 2.38. The van der Waals surface area contributed by atoms with Crippen molar-refractivity contribution in [3.05, 3.63) is 86.3 Å². The number of pyridine rings is 1. The number of ether oxygens (including phenoxy) is 2. The van der Waals surface area contributed by atoms with E-state index in [-0.39, 0.29) is 17.6 Å². The number of fused-ring (bicyclic) bond motifs is 1. The number of aromatic nitrogens is 4. The van der Waals surface area contributed by atoms with Crippen LogP contribution in [0.2, 0.25) is 5.02 Å². The Morgan fingerprint density at radius 2 is 2.00 bits per heavy atom. The van der Waals surface area contributed by atoms with Gasteiger partial charge >= 0.3 is 0 Å². The average Bonchev–Trinajstić information content (AvgIpc) is 2.87. The smallest absolute Gasteiger partial charge is 0.277 e. The van der Waals surface area contributed by atoms with Crippen molar-refractivity contribution in [2.75, 3.05) is 13.7 Å². The summed E-state index contributed by atoms with van der Waals surface area (Å²) in [5, 5.41) is 4.99. The van der Waals surface area contributed by atoms with Crippen molar-refractivity contribution in [3.8, 4) is 17.0 Å². The van der Waals surface area contributed by atoms with Gasteiger partial charge in [-0.05, 0) is 62.6 Å². The molecule has 0 radical (unpaired) electrons. The Labute approximate surface area is 206 Å². The summed E-state index contributed by atoms with van der Waals surface area (Å²) in [7, 11) is 1.57. The highest BCUT2D eigenvalue weighted by molar-refractivity contribution is 6.30. The van der Waals surface area contributed by atoms with Gasteiger partial charge in [0, 0.05) is 52.2 Å². The second-order valence-corrected chi connectivity index (χ2v) is 9.12. The number of aryl methyl sites for hydroxylation is 1. The van der Waals surface area contributed by atoms with Gasteiger partial charge in [0.2, 0.25) is 5.88 Å². The van der Waals surface area contributed by atoms with Crippen LogP contribution in [0.4, 0.5) is 4.39 Å². The lowest BCUT2D eigenvalue weighted by Gasteiger charge is -2.29. The third-order valence-electron chi connectivity index (χ3n) is 6.54. The first-order chi connectivity index (χ1) is 16.9. The van der Waals surface area contributed by atoms with Gasteiger partial charge in [0.15, 0.2) is 5.65 Å². The standard InChI is InChI=1S/C26H24ClFN4O3/c1-14-15(2)30-25-20(19-6-5-18(27)11-21(19)28)12-22(31-32(25)26(14)33)16-8-9-35-23(10-16)17-4-7-24(34-3)29-13-17/h4-7,11-13,16,23H,8-10H2,1-3H3. The quantitative estimate of drug-likeness (QED) is 0.388. The number of hydrogen-bond donors (Lipinski definition) is 0. The summed E-state index contributed by atoms with van der Waals surface area (Å²) in [5.74, 6) is 0.0329. The van der Waals surface area contributed by atoms with E-state index in [9.17, 15) is 4.79 Å². The summed E-state index contributed by atoms with van der Waals surface area (Å²) in [5.41, 5.74) is 3.56. The highest BCUT2D eigenvalue weighted by Gasteiger charge is 2.28. The maximum absolute atomic E-state index is 15.0. The monoisotopic (exact) mass is 494 g/mol. The summed E-state index contributed by atoms with van der Waals surface area (Å²) >= 11 is 5.99. The average molecular weight is 495 g/mol. The van der Waals surface area contributed by atoms with Crippen LogP contribution in [0.15, 0.2) is 47.4 Å². The topological polar surface area (TPSA) is 78.6 Å². The normalized spacial score (nSPS) is 18.1. The molecule has 5 rings (SSSR count). The van der Waals surface area contributed by atoms with Gasteiger partial charge < -0.3 is 9.47 Å². The zero-order valence-electron chi connectivity index (χ0n) is 19.6. The van der Waals surface area contributed by atoms with Gasteiger partial charge in [0.1, 0.15) is 5.82 Å². The molecule has 35 heavy (non-hydrogen) atoms. The zero-order chi connectivity index (χ0) is 24.7. The molecule has 2 atom stereocenters. The lowest BCUT2D eigenvalue weighted by Crippen LogP contribution is -2.25. The fourth-order valence-corrected chi connectivity index (χ4v) is 4.59. The number of hydrogen-bond acceptors (Lipinski definition) is 6. The number of rotatable bonds is 4. The summed E-state index contributed by atoms with van der Waals surface area (Å²) in [4.78, 5) is 22.0. The van der Waals surface area contributed by atoms with E-state index in [1.54, 1.807) is 45.4 Å². The molecule has 1 aliphatic heterocycles. The van der Waals surface area contributed by atoms with Crippen molar-refractivity contribution in [2.45, 2.75) is 38.7 Å². The Hall–Kier alpha value is -3.36. The lowest BCUT2D eigenvalue weighted by atomic mass is 9.89. The van der Waals surface area contributed by atoms with Crippen molar-refractivity contribution >= 4 is 17.2 Å². The summed E-state index contributed by atoms with van der Waals surface area (Å²) < 4.78 is 27.5. The Kier molecular flexibility index (Phi) is 6.25. The molecule has 1 aromatic carbocycles. The molecule has 180 valence electrons. The SMILES string of the molecule is COc1ccc(C2CC(c3cc(-c4ccc(Cl)cc4F)c4nc(C)c(C)c(=O)n4n3)CCO2)cn1. The minimum atomic E-state index is -0.488. The molecule has 1 aliphatic rings. The maximum Gasteiger partial charge on any atom is 0.277 e. The Balaban J connectivity index is 1.62. The second kappa shape index (κ2) is 9.36. The van der Waals surface area contributed by atoms with Crippen molar-refractivity contribution in [3.63, 3.8) is 0 Å². The summed E-state index contributed by atoms with van der Waals surface area (Å²) in [6, 6.07) is 10.1. The minimum Gasteiger partial charge on any atom is -0.481 e. The molecular formula is C26H24ClFN4O3. The first-order valence-electron chi connectivity index (χ1n) is 11.3. The van der Waals surface area contributed by atoms with Crippen LogP contribution in [0.3, 0.4) is 0 Å².